The maximum absolute atomic E-state index is 13.7. The first kappa shape index (κ1) is 20.0. The smallest absolute Gasteiger partial charge is 0.269 e. The summed E-state index contributed by atoms with van der Waals surface area (Å²) in [6.45, 7) is 3.28. The molecule has 0 unspecified atom stereocenters. The predicted octanol–water partition coefficient (Wildman–Crippen LogP) is 2.18. The molecule has 0 saturated heterocycles. The second kappa shape index (κ2) is 8.88. The topological polar surface area (TPSA) is 87.3 Å². The number of nitrogens with one attached hydrogen (secondary N) is 3. The van der Waals surface area contributed by atoms with Gasteiger partial charge in [0.1, 0.15) is 23.2 Å². The van der Waals surface area contributed by atoms with Gasteiger partial charge in [-0.25, -0.2) is 8.78 Å². The van der Waals surface area contributed by atoms with Crippen LogP contribution in [0.5, 0.6) is 0 Å². The van der Waals surface area contributed by atoms with Gasteiger partial charge in [0.2, 0.25) is 0 Å². The third kappa shape index (κ3) is 5.10. The number of hydrogen-bond donors (Lipinski definition) is 3. The monoisotopic (exact) mass is 375 g/mol. The summed E-state index contributed by atoms with van der Waals surface area (Å²) in [5.41, 5.74) is 4.00. The number of benzene rings is 2. The van der Waals surface area contributed by atoms with E-state index in [2.05, 4.69) is 16.2 Å². The van der Waals surface area contributed by atoms with Gasteiger partial charge < -0.3 is 5.32 Å². The molecule has 2 aromatic rings. The van der Waals surface area contributed by atoms with Crippen LogP contribution in [0.4, 0.5) is 8.78 Å². The zero-order chi connectivity index (χ0) is 20.0. The highest BCUT2D eigenvalue weighted by molar-refractivity contribution is 5.99. The molecule has 2 aromatic carbocycles. The van der Waals surface area contributed by atoms with Crippen LogP contribution in [0.25, 0.3) is 0 Å². The second-order valence-electron chi connectivity index (χ2n) is 6.10. The van der Waals surface area contributed by atoms with Crippen molar-refractivity contribution in [1.29, 1.82) is 0 Å². The molecule has 27 heavy (non-hydrogen) atoms. The van der Waals surface area contributed by atoms with Crippen LogP contribution in [0, 0.1) is 17.6 Å². The van der Waals surface area contributed by atoms with Crippen LogP contribution in [0.3, 0.4) is 0 Å². The lowest BCUT2D eigenvalue weighted by Gasteiger charge is -2.22. The van der Waals surface area contributed by atoms with E-state index in [-0.39, 0.29) is 0 Å². The minimum atomic E-state index is -1.12. The maximum Gasteiger partial charge on any atom is 0.269 e. The zero-order valence-corrected chi connectivity index (χ0v) is 14.8. The van der Waals surface area contributed by atoms with Crippen LogP contribution in [0.1, 0.15) is 34.6 Å². The van der Waals surface area contributed by atoms with Crippen LogP contribution in [0.2, 0.25) is 0 Å². The number of carbonyl (C=O) groups excluding carboxylic acids is 3. The van der Waals surface area contributed by atoms with Gasteiger partial charge in [0.25, 0.3) is 17.7 Å². The van der Waals surface area contributed by atoms with Gasteiger partial charge in [0.15, 0.2) is 0 Å². The Morgan fingerprint density at radius 2 is 1.41 bits per heavy atom. The van der Waals surface area contributed by atoms with Gasteiger partial charge in [0.05, 0.1) is 0 Å². The number of hydrazine groups is 1. The van der Waals surface area contributed by atoms with Crippen molar-refractivity contribution in [3.05, 3.63) is 71.3 Å². The van der Waals surface area contributed by atoms with Gasteiger partial charge in [0, 0.05) is 5.56 Å². The molecule has 0 spiro atoms. The Labute approximate surface area is 154 Å². The van der Waals surface area contributed by atoms with Gasteiger partial charge in [-0.15, -0.1) is 0 Å². The Kier molecular flexibility index (Phi) is 6.59. The van der Waals surface area contributed by atoms with E-state index in [1.807, 2.05) is 0 Å². The number of halogens is 2. The first-order valence-corrected chi connectivity index (χ1v) is 8.21. The summed E-state index contributed by atoms with van der Waals surface area (Å²) in [6, 6.07) is 10.1. The molecule has 6 nitrogen and oxygen atoms in total. The fraction of sp³-hybridized carbons (Fsp3) is 0.211. The third-order valence-electron chi connectivity index (χ3n) is 3.76. The highest BCUT2D eigenvalue weighted by Gasteiger charge is 2.27. The fourth-order valence-electron chi connectivity index (χ4n) is 2.32. The Morgan fingerprint density at radius 3 is 1.96 bits per heavy atom. The van der Waals surface area contributed by atoms with Crippen LogP contribution < -0.4 is 16.2 Å². The molecule has 0 fully saturated rings. The average molecular weight is 375 g/mol. The molecule has 2 rings (SSSR count). The van der Waals surface area contributed by atoms with Gasteiger partial charge in [-0.1, -0.05) is 38.1 Å². The van der Waals surface area contributed by atoms with Crippen LogP contribution in [-0.2, 0) is 4.79 Å². The lowest BCUT2D eigenvalue weighted by atomic mass is 10.0. The van der Waals surface area contributed by atoms with Crippen LogP contribution in [0.15, 0.2) is 48.5 Å². The molecule has 0 aromatic heterocycles. The number of carbonyl (C=O) groups is 3. The van der Waals surface area contributed by atoms with Gasteiger partial charge >= 0.3 is 0 Å². The molecule has 142 valence electrons. The van der Waals surface area contributed by atoms with E-state index in [4.69, 9.17) is 0 Å². The molecule has 8 heteroatoms. The molecule has 3 amide bonds. The molecule has 3 N–H and O–H groups in total. The van der Waals surface area contributed by atoms with E-state index in [0.29, 0.717) is 5.56 Å². The first-order valence-electron chi connectivity index (χ1n) is 8.21. The van der Waals surface area contributed by atoms with Crippen molar-refractivity contribution in [3.8, 4) is 0 Å². The van der Waals surface area contributed by atoms with Gasteiger partial charge in [-0.3, -0.25) is 25.2 Å². The molecular weight excluding hydrogens is 356 g/mol. The Balaban J connectivity index is 2.05. The molecule has 0 bridgehead atoms. The summed E-state index contributed by atoms with van der Waals surface area (Å²) in [6.07, 6.45) is 0. The van der Waals surface area contributed by atoms with Crippen molar-refractivity contribution in [1.82, 2.24) is 16.2 Å². The minimum absolute atomic E-state index is 0.330. The van der Waals surface area contributed by atoms with E-state index < -0.39 is 46.9 Å². The van der Waals surface area contributed by atoms with Gasteiger partial charge in [-0.2, -0.15) is 0 Å². The van der Waals surface area contributed by atoms with E-state index in [1.54, 1.807) is 44.2 Å². The highest BCUT2D eigenvalue weighted by atomic mass is 19.1. The molecule has 1 atom stereocenters. The molecule has 0 radical (unpaired) electrons. The van der Waals surface area contributed by atoms with Crippen LogP contribution >= 0.6 is 0 Å². The zero-order valence-electron chi connectivity index (χ0n) is 14.8. The largest absolute Gasteiger partial charge is 0.340 e. The summed E-state index contributed by atoms with van der Waals surface area (Å²) >= 11 is 0. The highest BCUT2D eigenvalue weighted by Crippen LogP contribution is 2.13. The summed E-state index contributed by atoms with van der Waals surface area (Å²) < 4.78 is 27.5. The Hall–Kier alpha value is -3.29. The summed E-state index contributed by atoms with van der Waals surface area (Å²) in [5.74, 6) is -4.80. The van der Waals surface area contributed by atoms with Crippen molar-refractivity contribution in [2.75, 3.05) is 0 Å². The third-order valence-corrected chi connectivity index (χ3v) is 3.76. The van der Waals surface area contributed by atoms with Gasteiger partial charge in [-0.05, 0) is 30.2 Å². The maximum atomic E-state index is 13.7. The predicted molar refractivity (Wildman–Crippen MR) is 94.5 cm³/mol. The molecule has 0 aliphatic carbocycles. The standard InChI is InChI=1S/C19H19F2N3O3/c1-11(2)16(22-18(26)15-13(20)9-6-10-14(15)21)19(27)24-23-17(25)12-7-4-3-5-8-12/h3-11,16H,1-2H3,(H,22,26)(H,23,25)(H,24,27)/t16-/m1/s1. The van der Waals surface area contributed by atoms with Crippen LogP contribution in [-0.4, -0.2) is 23.8 Å². The van der Waals surface area contributed by atoms with Crippen molar-refractivity contribution in [3.63, 3.8) is 0 Å². The quantitative estimate of drug-likeness (QED) is 0.700. The normalized spacial score (nSPS) is 11.6. The number of hydrogen-bond acceptors (Lipinski definition) is 3. The van der Waals surface area contributed by atoms with E-state index in [1.165, 1.54) is 0 Å². The van der Waals surface area contributed by atoms with Crippen molar-refractivity contribution >= 4 is 17.7 Å². The minimum Gasteiger partial charge on any atom is -0.340 e. The second-order valence-corrected chi connectivity index (χ2v) is 6.10. The average Bonchev–Trinajstić information content (AvgIpc) is 2.64. The molecule has 0 heterocycles. The number of rotatable bonds is 5. The fourth-order valence-corrected chi connectivity index (χ4v) is 2.32. The summed E-state index contributed by atoms with van der Waals surface area (Å²) in [7, 11) is 0. The van der Waals surface area contributed by atoms with E-state index in [0.717, 1.165) is 18.2 Å². The van der Waals surface area contributed by atoms with Crippen molar-refractivity contribution in [2.24, 2.45) is 5.92 Å². The molecule has 0 saturated carbocycles. The lowest BCUT2D eigenvalue weighted by Crippen LogP contribution is -2.54. The number of amides is 3. The Bertz CT molecular complexity index is 821. The first-order chi connectivity index (χ1) is 12.8. The van der Waals surface area contributed by atoms with E-state index >= 15 is 0 Å². The molecule has 0 aliphatic rings. The Morgan fingerprint density at radius 1 is 0.815 bits per heavy atom. The summed E-state index contributed by atoms with van der Waals surface area (Å²) in [5, 5.41) is 2.30. The molecular formula is C19H19F2N3O3. The SMILES string of the molecule is CC(C)[C@@H](NC(=O)c1c(F)cccc1F)C(=O)NNC(=O)c1ccccc1. The van der Waals surface area contributed by atoms with Crippen molar-refractivity contribution in [2.45, 2.75) is 19.9 Å². The van der Waals surface area contributed by atoms with Crippen molar-refractivity contribution < 1.29 is 23.2 Å². The lowest BCUT2D eigenvalue weighted by molar-refractivity contribution is -0.124. The molecule has 0 aliphatic heterocycles. The van der Waals surface area contributed by atoms with E-state index in [9.17, 15) is 23.2 Å². The summed E-state index contributed by atoms with van der Waals surface area (Å²) in [4.78, 5) is 36.5.